The zero-order valence-electron chi connectivity index (χ0n) is 8.36. The highest BCUT2D eigenvalue weighted by Gasteiger charge is 2.08. The molecule has 82 valence electrons. The number of carbonyl (C=O) groups is 1. The fourth-order valence-corrected chi connectivity index (χ4v) is 0.974. The first-order valence-electron chi connectivity index (χ1n) is 4.60. The lowest BCUT2D eigenvalue weighted by atomic mass is 10.3. The van der Waals surface area contributed by atoms with Crippen molar-refractivity contribution in [3.8, 4) is 5.75 Å². The molecule has 0 aliphatic heterocycles. The van der Waals surface area contributed by atoms with E-state index in [0.717, 1.165) is 12.3 Å². The first-order chi connectivity index (χ1) is 7.17. The molecule has 1 aromatic heterocycles. The predicted molar refractivity (Wildman–Crippen MR) is 51.4 cm³/mol. The Morgan fingerprint density at radius 1 is 1.60 bits per heavy atom. The van der Waals surface area contributed by atoms with Crippen molar-refractivity contribution in [1.29, 1.82) is 0 Å². The third-order valence-electron chi connectivity index (χ3n) is 1.69. The lowest BCUT2D eigenvalue weighted by molar-refractivity contribution is -0.134. The van der Waals surface area contributed by atoms with Gasteiger partial charge in [-0.3, -0.25) is 9.59 Å². The molecule has 0 atom stereocenters. The van der Waals surface area contributed by atoms with Gasteiger partial charge in [-0.1, -0.05) is 6.92 Å². The summed E-state index contributed by atoms with van der Waals surface area (Å²) in [6.07, 6.45) is 1.93. The molecule has 1 rings (SSSR count). The van der Waals surface area contributed by atoms with Gasteiger partial charge < -0.3 is 14.3 Å². The number of aliphatic hydroxyl groups excluding tert-OH is 1. The van der Waals surface area contributed by atoms with Crippen LogP contribution >= 0.6 is 0 Å². The summed E-state index contributed by atoms with van der Waals surface area (Å²) in [5.41, 5.74) is -0.477. The molecule has 5 heteroatoms. The van der Waals surface area contributed by atoms with Gasteiger partial charge in [0.15, 0.2) is 0 Å². The molecule has 1 N–H and O–H groups in total. The average Bonchev–Trinajstić information content (AvgIpc) is 2.21. The monoisotopic (exact) mass is 212 g/mol. The van der Waals surface area contributed by atoms with Gasteiger partial charge in [0.25, 0.3) is 0 Å². The molecule has 0 fully saturated rings. The van der Waals surface area contributed by atoms with Gasteiger partial charge in [-0.25, -0.2) is 0 Å². The Balaban J connectivity index is 2.78. The molecule has 0 unspecified atom stereocenters. The molecular weight excluding hydrogens is 200 g/mol. The second-order valence-electron chi connectivity index (χ2n) is 2.96. The van der Waals surface area contributed by atoms with E-state index in [1.54, 1.807) is 0 Å². The smallest absolute Gasteiger partial charge is 0.311 e. The number of ether oxygens (including phenoxy) is 1. The minimum atomic E-state index is -0.477. The highest BCUT2D eigenvalue weighted by atomic mass is 16.5. The zero-order chi connectivity index (χ0) is 11.3. The van der Waals surface area contributed by atoms with E-state index in [1.807, 2.05) is 6.92 Å². The van der Waals surface area contributed by atoms with E-state index in [-0.39, 0.29) is 24.5 Å². The van der Waals surface area contributed by atoms with Crippen molar-refractivity contribution in [2.24, 2.45) is 0 Å². The summed E-state index contributed by atoms with van der Waals surface area (Å²) < 4.78 is 9.60. The fraction of sp³-hybridized carbons (Fsp3) is 0.400. The molecule has 0 saturated heterocycles. The Labute approximate surface area is 86.3 Å². The molecule has 1 aromatic rings. The topological polar surface area (TPSA) is 76.7 Å². The molecule has 0 radical (unpaired) electrons. The first kappa shape index (κ1) is 11.5. The molecule has 5 nitrogen and oxygen atoms in total. The van der Waals surface area contributed by atoms with Crippen LogP contribution in [0.3, 0.4) is 0 Å². The Kier molecular flexibility index (Phi) is 4.05. The first-order valence-corrected chi connectivity index (χ1v) is 4.60. The second-order valence-corrected chi connectivity index (χ2v) is 2.96. The van der Waals surface area contributed by atoms with Crippen molar-refractivity contribution in [1.82, 2.24) is 0 Å². The molecule has 0 saturated carbocycles. The van der Waals surface area contributed by atoms with Gasteiger partial charge in [-0.05, 0) is 6.42 Å². The summed E-state index contributed by atoms with van der Waals surface area (Å²) in [6, 6.07) is 1.09. The van der Waals surface area contributed by atoms with Crippen LogP contribution in [0.2, 0.25) is 0 Å². The van der Waals surface area contributed by atoms with E-state index in [1.165, 1.54) is 0 Å². The van der Waals surface area contributed by atoms with E-state index in [9.17, 15) is 9.59 Å². The van der Waals surface area contributed by atoms with Crippen LogP contribution in [0.15, 0.2) is 21.5 Å². The second kappa shape index (κ2) is 5.31. The van der Waals surface area contributed by atoms with Gasteiger partial charge in [-0.2, -0.15) is 0 Å². The molecule has 15 heavy (non-hydrogen) atoms. The maximum atomic E-state index is 11.3. The van der Waals surface area contributed by atoms with Crippen molar-refractivity contribution < 1.29 is 19.1 Å². The lowest BCUT2D eigenvalue weighted by Crippen LogP contribution is -2.14. The maximum Gasteiger partial charge on any atom is 0.311 e. The van der Waals surface area contributed by atoms with E-state index in [0.29, 0.717) is 6.42 Å². The van der Waals surface area contributed by atoms with Crippen molar-refractivity contribution in [3.05, 3.63) is 28.3 Å². The Bertz CT molecular complexity index is 393. The largest absolute Gasteiger partial charge is 0.463 e. The SMILES string of the molecule is CCCC(=O)Oc1coc(CO)cc1=O. The number of aliphatic hydroxyl groups is 1. The number of rotatable bonds is 4. The highest BCUT2D eigenvalue weighted by molar-refractivity contribution is 5.72. The van der Waals surface area contributed by atoms with Crippen LogP contribution in [0.25, 0.3) is 0 Å². The van der Waals surface area contributed by atoms with Gasteiger partial charge in [-0.15, -0.1) is 0 Å². The Hall–Kier alpha value is -1.62. The molecule has 0 bridgehead atoms. The minimum absolute atomic E-state index is 0.135. The number of hydrogen-bond donors (Lipinski definition) is 1. The van der Waals surface area contributed by atoms with E-state index < -0.39 is 11.4 Å². The molecule has 1 heterocycles. The van der Waals surface area contributed by atoms with Crippen LogP contribution in [0, 0.1) is 0 Å². The van der Waals surface area contributed by atoms with Gasteiger partial charge in [0.2, 0.25) is 11.2 Å². The molecule has 0 spiro atoms. The Morgan fingerprint density at radius 2 is 2.33 bits per heavy atom. The molecule has 0 aliphatic carbocycles. The number of carbonyl (C=O) groups excluding carboxylic acids is 1. The van der Waals surface area contributed by atoms with Gasteiger partial charge in [0.05, 0.1) is 0 Å². The van der Waals surface area contributed by atoms with E-state index in [2.05, 4.69) is 0 Å². The summed E-state index contributed by atoms with van der Waals surface area (Å²) in [5.74, 6) is -0.484. The highest BCUT2D eigenvalue weighted by Crippen LogP contribution is 2.07. The lowest BCUT2D eigenvalue weighted by Gasteiger charge is -2.02. The van der Waals surface area contributed by atoms with E-state index in [4.69, 9.17) is 14.3 Å². The zero-order valence-corrected chi connectivity index (χ0v) is 8.36. The maximum absolute atomic E-state index is 11.3. The number of esters is 1. The van der Waals surface area contributed by atoms with Crippen LogP contribution in [0.1, 0.15) is 25.5 Å². The van der Waals surface area contributed by atoms with Gasteiger partial charge >= 0.3 is 5.97 Å². The predicted octanol–water partition coefficient (Wildman–Crippen LogP) is 0.838. The van der Waals surface area contributed by atoms with Crippen LogP contribution in [-0.4, -0.2) is 11.1 Å². The van der Waals surface area contributed by atoms with Crippen molar-refractivity contribution in [2.75, 3.05) is 0 Å². The molecule has 0 amide bonds. The summed E-state index contributed by atoms with van der Waals surface area (Å²) in [4.78, 5) is 22.4. The summed E-state index contributed by atoms with van der Waals surface area (Å²) in [6.45, 7) is 1.47. The summed E-state index contributed by atoms with van der Waals surface area (Å²) in [5, 5.41) is 8.68. The molecule has 0 aromatic carbocycles. The van der Waals surface area contributed by atoms with Crippen molar-refractivity contribution >= 4 is 5.97 Å². The molecular formula is C10H12O5. The standard InChI is InChI=1S/C10H12O5/c1-2-3-10(13)15-9-6-14-7(5-11)4-8(9)12/h4,6,11H,2-3,5H2,1H3. The summed E-state index contributed by atoms with van der Waals surface area (Å²) >= 11 is 0. The fourth-order valence-electron chi connectivity index (χ4n) is 0.974. The average molecular weight is 212 g/mol. The van der Waals surface area contributed by atoms with Crippen LogP contribution in [0.4, 0.5) is 0 Å². The van der Waals surface area contributed by atoms with Crippen LogP contribution in [0.5, 0.6) is 5.75 Å². The van der Waals surface area contributed by atoms with Crippen LogP contribution in [-0.2, 0) is 11.4 Å². The van der Waals surface area contributed by atoms with Crippen molar-refractivity contribution in [3.63, 3.8) is 0 Å². The summed E-state index contributed by atoms with van der Waals surface area (Å²) in [7, 11) is 0. The van der Waals surface area contributed by atoms with Crippen LogP contribution < -0.4 is 10.2 Å². The third kappa shape index (κ3) is 3.21. The number of hydrogen-bond acceptors (Lipinski definition) is 5. The normalized spacial score (nSPS) is 10.0. The molecule has 0 aliphatic rings. The Morgan fingerprint density at radius 3 is 2.87 bits per heavy atom. The van der Waals surface area contributed by atoms with Gasteiger partial charge in [0.1, 0.15) is 18.6 Å². The quantitative estimate of drug-likeness (QED) is 0.748. The van der Waals surface area contributed by atoms with E-state index >= 15 is 0 Å². The minimum Gasteiger partial charge on any atom is -0.463 e. The third-order valence-corrected chi connectivity index (χ3v) is 1.69. The van der Waals surface area contributed by atoms with Gasteiger partial charge in [0, 0.05) is 12.5 Å². The van der Waals surface area contributed by atoms with Crippen molar-refractivity contribution in [2.45, 2.75) is 26.4 Å².